The largest absolute Gasteiger partial charge is 0.490 e. The molecule has 0 radical (unpaired) electrons. The highest BCUT2D eigenvalue weighted by Crippen LogP contribution is 2.33. The van der Waals surface area contributed by atoms with Crippen LogP contribution in [0.1, 0.15) is 23.0 Å². The number of nitrogens with zero attached hydrogens (tertiary/aromatic N) is 2. The number of nitrogens with one attached hydrogen (secondary N) is 1. The van der Waals surface area contributed by atoms with E-state index in [9.17, 15) is 4.79 Å². The van der Waals surface area contributed by atoms with Crippen LogP contribution in [0.4, 0.5) is 5.13 Å². The van der Waals surface area contributed by atoms with E-state index in [-0.39, 0.29) is 17.7 Å². The van der Waals surface area contributed by atoms with Gasteiger partial charge in [-0.15, -0.1) is 0 Å². The van der Waals surface area contributed by atoms with Crippen LogP contribution in [0.25, 0.3) is 21.5 Å². The Kier molecular flexibility index (Phi) is 4.07. The summed E-state index contributed by atoms with van der Waals surface area (Å²) in [6, 6.07) is 12.9. The number of rotatable bonds is 3. The van der Waals surface area contributed by atoms with Crippen LogP contribution in [0, 0.1) is 0 Å². The Morgan fingerprint density at radius 2 is 2.14 bits per heavy atom. The molecule has 28 heavy (non-hydrogen) atoms. The first-order valence-corrected chi connectivity index (χ1v) is 9.89. The lowest BCUT2D eigenvalue weighted by Gasteiger charge is -2.02. The molecule has 8 heteroatoms. The molecule has 140 valence electrons. The van der Waals surface area contributed by atoms with Crippen molar-refractivity contribution < 1.29 is 14.1 Å². The Bertz CT molecular complexity index is 1220. The molecule has 1 aliphatic rings. The van der Waals surface area contributed by atoms with Crippen LogP contribution >= 0.6 is 22.9 Å². The number of halogens is 1. The number of carbonyl (C=O) groups is 1. The van der Waals surface area contributed by atoms with Crippen molar-refractivity contribution in [3.05, 3.63) is 58.7 Å². The molecule has 0 unspecified atom stereocenters. The first kappa shape index (κ1) is 17.2. The van der Waals surface area contributed by atoms with Gasteiger partial charge in [-0.2, -0.15) is 0 Å². The van der Waals surface area contributed by atoms with E-state index in [0.717, 1.165) is 33.5 Å². The summed E-state index contributed by atoms with van der Waals surface area (Å²) in [7, 11) is 0. The minimum Gasteiger partial charge on any atom is -0.490 e. The first-order chi connectivity index (χ1) is 13.5. The smallest absolute Gasteiger partial charge is 0.279 e. The predicted molar refractivity (Wildman–Crippen MR) is 108 cm³/mol. The second-order valence-electron chi connectivity index (χ2n) is 6.62. The fourth-order valence-corrected chi connectivity index (χ4v) is 4.34. The van der Waals surface area contributed by atoms with Crippen molar-refractivity contribution in [3.63, 3.8) is 0 Å². The summed E-state index contributed by atoms with van der Waals surface area (Å²) in [5.74, 6) is 1.05. The van der Waals surface area contributed by atoms with Crippen LogP contribution in [0.5, 0.6) is 5.75 Å². The second-order valence-corrected chi connectivity index (χ2v) is 8.08. The third kappa shape index (κ3) is 3.12. The summed E-state index contributed by atoms with van der Waals surface area (Å²) in [4.78, 5) is 16.9. The maximum atomic E-state index is 12.5. The van der Waals surface area contributed by atoms with Gasteiger partial charge in [-0.1, -0.05) is 28.1 Å². The minimum absolute atomic E-state index is 0.171. The molecule has 1 N–H and O–H groups in total. The normalized spacial score (nSPS) is 15.4. The molecular formula is C20H14ClN3O3S. The van der Waals surface area contributed by atoms with E-state index in [1.807, 2.05) is 37.3 Å². The number of hydrogen-bond donors (Lipinski definition) is 1. The molecule has 1 aliphatic heterocycles. The third-order valence-corrected chi connectivity index (χ3v) is 5.66. The van der Waals surface area contributed by atoms with Crippen LogP contribution < -0.4 is 10.1 Å². The summed E-state index contributed by atoms with van der Waals surface area (Å²) in [6.45, 7) is 2.03. The van der Waals surface area contributed by atoms with Gasteiger partial charge in [-0.25, -0.2) is 4.98 Å². The standard InChI is InChI=1S/C20H14ClN3O3S/c1-10-6-12-7-11(2-5-16(12)26-10)17-9-15(24-27-17)19(25)23-20-22-14-4-3-13(21)8-18(14)28-20/h2-5,7-10H,6H2,1H3,(H,22,23,25)/t10-/m0/s1. The van der Waals surface area contributed by atoms with Crippen LogP contribution in [-0.2, 0) is 6.42 Å². The first-order valence-electron chi connectivity index (χ1n) is 8.69. The number of fused-ring (bicyclic) bond motifs is 2. The summed E-state index contributed by atoms with van der Waals surface area (Å²) < 4.78 is 12.0. The van der Waals surface area contributed by atoms with E-state index < -0.39 is 0 Å². The summed E-state index contributed by atoms with van der Waals surface area (Å²) in [5, 5.41) is 7.78. The third-order valence-electron chi connectivity index (χ3n) is 4.49. The number of benzene rings is 2. The SMILES string of the molecule is C[C@H]1Cc2cc(-c3cc(C(=O)Nc4nc5ccc(Cl)cc5s4)no3)ccc2O1. The Hall–Kier alpha value is -2.90. The monoisotopic (exact) mass is 411 g/mol. The number of aromatic nitrogens is 2. The van der Waals surface area contributed by atoms with E-state index >= 15 is 0 Å². The van der Waals surface area contributed by atoms with Crippen molar-refractivity contribution in [2.45, 2.75) is 19.4 Å². The van der Waals surface area contributed by atoms with Gasteiger partial charge in [0, 0.05) is 23.1 Å². The molecule has 2 aromatic carbocycles. The minimum atomic E-state index is -0.377. The Morgan fingerprint density at radius 1 is 1.25 bits per heavy atom. The molecule has 4 aromatic rings. The fourth-order valence-electron chi connectivity index (χ4n) is 3.21. The molecule has 6 nitrogen and oxygen atoms in total. The zero-order chi connectivity index (χ0) is 19.3. The number of hydrogen-bond acceptors (Lipinski definition) is 6. The predicted octanol–water partition coefficient (Wildman–Crippen LogP) is 5.18. The summed E-state index contributed by atoms with van der Waals surface area (Å²) >= 11 is 7.35. The van der Waals surface area contributed by atoms with E-state index in [2.05, 4.69) is 15.5 Å². The molecule has 0 fully saturated rings. The van der Waals surface area contributed by atoms with Gasteiger partial charge in [0.15, 0.2) is 16.6 Å². The quantitative estimate of drug-likeness (QED) is 0.502. The van der Waals surface area contributed by atoms with Crippen LogP contribution in [0.15, 0.2) is 47.0 Å². The molecule has 1 atom stereocenters. The zero-order valence-corrected chi connectivity index (χ0v) is 16.3. The molecule has 0 saturated heterocycles. The van der Waals surface area contributed by atoms with Gasteiger partial charge in [0.25, 0.3) is 5.91 Å². The molecule has 0 saturated carbocycles. The van der Waals surface area contributed by atoms with Crippen molar-refractivity contribution in [2.24, 2.45) is 0 Å². The second kappa shape index (κ2) is 6.61. The summed E-state index contributed by atoms with van der Waals surface area (Å²) in [5.41, 5.74) is 2.95. The van der Waals surface area contributed by atoms with Gasteiger partial charge in [0.05, 0.1) is 10.2 Å². The molecule has 3 heterocycles. The topological polar surface area (TPSA) is 77.3 Å². The van der Waals surface area contributed by atoms with Gasteiger partial charge >= 0.3 is 0 Å². The lowest BCUT2D eigenvalue weighted by Crippen LogP contribution is -2.11. The average Bonchev–Trinajstić information content (AvgIpc) is 3.37. The lowest BCUT2D eigenvalue weighted by atomic mass is 10.1. The molecule has 5 rings (SSSR count). The van der Waals surface area contributed by atoms with Crippen molar-refractivity contribution in [2.75, 3.05) is 5.32 Å². The van der Waals surface area contributed by atoms with Gasteiger partial charge in [0.2, 0.25) is 0 Å². The Labute approximate surface area is 169 Å². The average molecular weight is 412 g/mol. The van der Waals surface area contributed by atoms with Crippen LogP contribution in [0.3, 0.4) is 0 Å². The van der Waals surface area contributed by atoms with E-state index in [1.54, 1.807) is 12.1 Å². The van der Waals surface area contributed by atoms with E-state index in [1.165, 1.54) is 11.3 Å². The Balaban J connectivity index is 1.36. The highest BCUT2D eigenvalue weighted by molar-refractivity contribution is 7.22. The van der Waals surface area contributed by atoms with Crippen LogP contribution in [-0.4, -0.2) is 22.2 Å². The van der Waals surface area contributed by atoms with Crippen molar-refractivity contribution in [3.8, 4) is 17.1 Å². The maximum Gasteiger partial charge on any atom is 0.279 e. The zero-order valence-electron chi connectivity index (χ0n) is 14.7. The van der Waals surface area contributed by atoms with E-state index in [0.29, 0.717) is 15.9 Å². The molecule has 2 aromatic heterocycles. The van der Waals surface area contributed by atoms with Crippen molar-refractivity contribution >= 4 is 44.2 Å². The van der Waals surface area contributed by atoms with Gasteiger partial charge in [0.1, 0.15) is 11.9 Å². The number of carbonyl (C=O) groups excluding carboxylic acids is 1. The maximum absolute atomic E-state index is 12.5. The molecular weight excluding hydrogens is 398 g/mol. The van der Waals surface area contributed by atoms with Gasteiger partial charge in [-0.05, 0) is 48.9 Å². The fraction of sp³-hybridized carbons (Fsp3) is 0.150. The van der Waals surface area contributed by atoms with Crippen molar-refractivity contribution in [1.82, 2.24) is 10.1 Å². The van der Waals surface area contributed by atoms with Gasteiger partial charge in [-0.3, -0.25) is 10.1 Å². The molecule has 1 amide bonds. The number of amides is 1. The number of ether oxygens (including phenoxy) is 1. The molecule has 0 bridgehead atoms. The van der Waals surface area contributed by atoms with Gasteiger partial charge < -0.3 is 9.26 Å². The lowest BCUT2D eigenvalue weighted by molar-refractivity contribution is 0.101. The Morgan fingerprint density at radius 3 is 3.04 bits per heavy atom. The molecule has 0 spiro atoms. The highest BCUT2D eigenvalue weighted by atomic mass is 35.5. The van der Waals surface area contributed by atoms with Crippen molar-refractivity contribution in [1.29, 1.82) is 0 Å². The highest BCUT2D eigenvalue weighted by Gasteiger charge is 2.21. The number of thiazole rings is 1. The van der Waals surface area contributed by atoms with Crippen LogP contribution in [0.2, 0.25) is 5.02 Å². The van der Waals surface area contributed by atoms with E-state index in [4.69, 9.17) is 20.9 Å². The summed E-state index contributed by atoms with van der Waals surface area (Å²) in [6.07, 6.45) is 1.02. The molecule has 0 aliphatic carbocycles. The number of anilines is 1.